The van der Waals surface area contributed by atoms with Crippen molar-refractivity contribution in [2.45, 2.75) is 26.4 Å². The number of thiazole rings is 1. The highest BCUT2D eigenvalue weighted by Crippen LogP contribution is 2.28. The molecule has 26 heavy (non-hydrogen) atoms. The number of hydrogen-bond donors (Lipinski definition) is 0. The number of aromatic nitrogens is 1. The highest BCUT2D eigenvalue weighted by Gasteiger charge is 2.21. The van der Waals surface area contributed by atoms with Crippen LogP contribution < -0.4 is 0 Å². The molecule has 0 aliphatic heterocycles. The van der Waals surface area contributed by atoms with Gasteiger partial charge in [0.25, 0.3) is 0 Å². The van der Waals surface area contributed by atoms with Crippen LogP contribution in [0.5, 0.6) is 0 Å². The van der Waals surface area contributed by atoms with Crippen molar-refractivity contribution in [3.05, 3.63) is 64.7 Å². The molecule has 0 aliphatic rings. The van der Waals surface area contributed by atoms with E-state index in [0.29, 0.717) is 6.54 Å². The van der Waals surface area contributed by atoms with E-state index < -0.39 is 0 Å². The molecule has 1 aromatic heterocycles. The van der Waals surface area contributed by atoms with E-state index in [1.165, 1.54) is 11.1 Å². The lowest BCUT2D eigenvalue weighted by molar-refractivity contribution is -0.132. The lowest BCUT2D eigenvalue weighted by Crippen LogP contribution is -2.37. The first kappa shape index (κ1) is 18.5. The second kappa shape index (κ2) is 7.98. The fraction of sp³-hybridized carbons (Fsp3) is 0.333. The molecule has 0 saturated carbocycles. The number of amides is 1. The molecular weight excluding hydrogens is 342 g/mol. The molecule has 4 nitrogen and oxygen atoms in total. The number of carbonyl (C=O) groups is 1. The normalized spacial score (nSPS) is 12.5. The predicted octanol–water partition coefficient (Wildman–Crippen LogP) is 4.26. The van der Waals surface area contributed by atoms with Crippen LogP contribution >= 0.6 is 11.3 Å². The quantitative estimate of drug-likeness (QED) is 0.653. The van der Waals surface area contributed by atoms with E-state index in [1.54, 1.807) is 16.2 Å². The SMILES string of the molecule is Cc1ccccc1CN(C)CC(=O)N(C)[C@@H](C)c1nc2ccccc2s1. The first-order chi connectivity index (χ1) is 12.5. The van der Waals surface area contributed by atoms with E-state index in [0.717, 1.165) is 21.8 Å². The predicted molar refractivity (Wildman–Crippen MR) is 108 cm³/mol. The van der Waals surface area contributed by atoms with Crippen molar-refractivity contribution in [3.63, 3.8) is 0 Å². The van der Waals surface area contributed by atoms with Crippen LogP contribution in [0, 0.1) is 6.92 Å². The number of carbonyl (C=O) groups excluding carboxylic acids is 1. The van der Waals surface area contributed by atoms with Crippen molar-refractivity contribution in [1.82, 2.24) is 14.8 Å². The van der Waals surface area contributed by atoms with Crippen molar-refractivity contribution in [3.8, 4) is 0 Å². The van der Waals surface area contributed by atoms with Crippen molar-refractivity contribution < 1.29 is 4.79 Å². The number of hydrogen-bond acceptors (Lipinski definition) is 4. The molecule has 0 fully saturated rings. The molecule has 1 heterocycles. The molecule has 0 radical (unpaired) electrons. The van der Waals surface area contributed by atoms with E-state index >= 15 is 0 Å². The molecule has 0 N–H and O–H groups in total. The van der Waals surface area contributed by atoms with Crippen LogP contribution in [-0.4, -0.2) is 41.3 Å². The number of fused-ring (bicyclic) bond motifs is 1. The summed E-state index contributed by atoms with van der Waals surface area (Å²) in [4.78, 5) is 21.3. The topological polar surface area (TPSA) is 36.4 Å². The molecule has 3 aromatic rings. The highest BCUT2D eigenvalue weighted by atomic mass is 32.1. The van der Waals surface area contributed by atoms with Crippen LogP contribution in [0.2, 0.25) is 0 Å². The lowest BCUT2D eigenvalue weighted by atomic mass is 10.1. The number of rotatable bonds is 6. The fourth-order valence-electron chi connectivity index (χ4n) is 2.93. The molecule has 5 heteroatoms. The van der Waals surface area contributed by atoms with Gasteiger partial charge < -0.3 is 4.90 Å². The van der Waals surface area contributed by atoms with Crippen molar-refractivity contribution in [2.24, 2.45) is 0 Å². The number of benzene rings is 2. The summed E-state index contributed by atoms with van der Waals surface area (Å²) in [6.07, 6.45) is 0. The van der Waals surface area contributed by atoms with Gasteiger partial charge in [-0.1, -0.05) is 36.4 Å². The maximum atomic E-state index is 12.7. The third-order valence-electron chi connectivity index (χ3n) is 4.75. The summed E-state index contributed by atoms with van der Waals surface area (Å²) < 4.78 is 1.16. The van der Waals surface area contributed by atoms with Crippen LogP contribution in [0.4, 0.5) is 0 Å². The average molecular weight is 368 g/mol. The first-order valence-electron chi connectivity index (χ1n) is 8.80. The molecular formula is C21H25N3OS. The molecule has 0 spiro atoms. The number of para-hydroxylation sites is 1. The zero-order valence-corrected chi connectivity index (χ0v) is 16.6. The van der Waals surface area contributed by atoms with Crippen LogP contribution in [0.1, 0.15) is 29.1 Å². The number of aryl methyl sites for hydroxylation is 1. The van der Waals surface area contributed by atoms with Gasteiger partial charge in [-0.05, 0) is 44.2 Å². The molecule has 0 saturated heterocycles. The molecule has 136 valence electrons. The van der Waals surface area contributed by atoms with Gasteiger partial charge in [-0.15, -0.1) is 11.3 Å². The van der Waals surface area contributed by atoms with Crippen LogP contribution in [0.3, 0.4) is 0 Å². The van der Waals surface area contributed by atoms with E-state index in [1.807, 2.05) is 51.4 Å². The Balaban J connectivity index is 1.64. The van der Waals surface area contributed by atoms with Crippen LogP contribution in [0.15, 0.2) is 48.5 Å². The van der Waals surface area contributed by atoms with Gasteiger partial charge in [0.1, 0.15) is 5.01 Å². The van der Waals surface area contributed by atoms with Crippen molar-refractivity contribution >= 4 is 27.5 Å². The average Bonchev–Trinajstić information content (AvgIpc) is 3.06. The summed E-state index contributed by atoms with van der Waals surface area (Å²) in [7, 11) is 3.85. The van der Waals surface area contributed by atoms with Gasteiger partial charge in [-0.2, -0.15) is 0 Å². The molecule has 0 bridgehead atoms. The Morgan fingerprint density at radius 1 is 1.12 bits per heavy atom. The third-order valence-corrected chi connectivity index (χ3v) is 5.96. The minimum atomic E-state index is -0.0354. The second-order valence-corrected chi connectivity index (χ2v) is 7.86. The van der Waals surface area contributed by atoms with E-state index in [4.69, 9.17) is 0 Å². The monoisotopic (exact) mass is 367 g/mol. The second-order valence-electron chi connectivity index (χ2n) is 6.80. The van der Waals surface area contributed by atoms with Gasteiger partial charge in [0.15, 0.2) is 0 Å². The standard InChI is InChI=1S/C21H25N3OS/c1-15-9-5-6-10-17(15)13-23(3)14-20(25)24(4)16(2)21-22-18-11-7-8-12-19(18)26-21/h5-12,16H,13-14H2,1-4H3/t16-/m0/s1. The maximum absolute atomic E-state index is 12.7. The van der Waals surface area contributed by atoms with Gasteiger partial charge in [-0.25, -0.2) is 4.98 Å². The van der Waals surface area contributed by atoms with Gasteiger partial charge in [-0.3, -0.25) is 9.69 Å². The summed E-state index contributed by atoms with van der Waals surface area (Å²) in [6, 6.07) is 16.4. The molecule has 2 aromatic carbocycles. The van der Waals surface area contributed by atoms with Crippen LogP contribution in [0.25, 0.3) is 10.2 Å². The molecule has 3 rings (SSSR count). The van der Waals surface area contributed by atoms with Crippen molar-refractivity contribution in [2.75, 3.05) is 20.6 Å². The molecule has 1 amide bonds. The summed E-state index contributed by atoms with van der Waals surface area (Å²) >= 11 is 1.66. The van der Waals surface area contributed by atoms with Gasteiger partial charge in [0.2, 0.25) is 5.91 Å². The largest absolute Gasteiger partial charge is 0.335 e. The molecule has 1 atom stereocenters. The minimum Gasteiger partial charge on any atom is -0.335 e. The summed E-state index contributed by atoms with van der Waals surface area (Å²) in [5.74, 6) is 0.104. The Hall–Kier alpha value is -2.24. The zero-order valence-electron chi connectivity index (χ0n) is 15.8. The van der Waals surface area contributed by atoms with Gasteiger partial charge >= 0.3 is 0 Å². The Bertz CT molecular complexity index is 872. The van der Waals surface area contributed by atoms with Crippen molar-refractivity contribution in [1.29, 1.82) is 0 Å². The van der Waals surface area contributed by atoms with Gasteiger partial charge in [0, 0.05) is 13.6 Å². The Morgan fingerprint density at radius 2 is 1.81 bits per heavy atom. The van der Waals surface area contributed by atoms with E-state index in [9.17, 15) is 4.79 Å². The Labute approximate surface area is 159 Å². The van der Waals surface area contributed by atoms with E-state index in [-0.39, 0.29) is 11.9 Å². The van der Waals surface area contributed by atoms with E-state index in [2.05, 4.69) is 35.0 Å². The molecule has 0 aliphatic carbocycles. The zero-order chi connectivity index (χ0) is 18.7. The van der Waals surface area contributed by atoms with Crippen LogP contribution in [-0.2, 0) is 11.3 Å². The third kappa shape index (κ3) is 4.11. The maximum Gasteiger partial charge on any atom is 0.237 e. The van der Waals surface area contributed by atoms with Gasteiger partial charge in [0.05, 0.1) is 22.8 Å². The first-order valence-corrected chi connectivity index (χ1v) is 9.61. The fourth-order valence-corrected chi connectivity index (χ4v) is 3.99. The lowest BCUT2D eigenvalue weighted by Gasteiger charge is -2.26. The summed E-state index contributed by atoms with van der Waals surface area (Å²) in [5, 5.41) is 0.976. The Morgan fingerprint density at radius 3 is 2.54 bits per heavy atom. The minimum absolute atomic E-state index is 0.0354. The number of likely N-dealkylation sites (N-methyl/N-ethyl adjacent to an activating group) is 2. The smallest absolute Gasteiger partial charge is 0.237 e. The molecule has 0 unspecified atom stereocenters. The highest BCUT2D eigenvalue weighted by molar-refractivity contribution is 7.18. The number of nitrogens with zero attached hydrogens (tertiary/aromatic N) is 3. The summed E-state index contributed by atoms with van der Waals surface area (Å²) in [6.45, 7) is 5.30. The summed E-state index contributed by atoms with van der Waals surface area (Å²) in [5.41, 5.74) is 3.50. The Kier molecular flexibility index (Phi) is 5.69.